The molecule has 3 aromatic carbocycles. The number of hydrogen-bond acceptors (Lipinski definition) is 1. The largest absolute Gasteiger partial charge is 0.363 e. The van der Waals surface area contributed by atoms with E-state index in [1.54, 1.807) is 0 Å². The number of hydrogen-bond donors (Lipinski definition) is 0. The molecule has 1 nitrogen and oxygen atoms in total. The van der Waals surface area contributed by atoms with Gasteiger partial charge in [-0.25, -0.2) is 0 Å². The van der Waals surface area contributed by atoms with Crippen molar-refractivity contribution in [3.8, 4) is 0 Å². The summed E-state index contributed by atoms with van der Waals surface area (Å²) in [5, 5.41) is 0. The molecule has 0 aliphatic carbocycles. The van der Waals surface area contributed by atoms with Gasteiger partial charge in [-0.05, 0) is 37.1 Å². The summed E-state index contributed by atoms with van der Waals surface area (Å²) < 4.78 is 0. The lowest BCUT2D eigenvalue weighted by Crippen LogP contribution is -2.22. The van der Waals surface area contributed by atoms with Gasteiger partial charge in [0.2, 0.25) is 0 Å². The molecule has 116 valence electrons. The lowest BCUT2D eigenvalue weighted by atomic mass is 10.1. The molecule has 0 bridgehead atoms. The molecule has 0 N–H and O–H groups in total. The zero-order valence-electron chi connectivity index (χ0n) is 13.9. The number of nitrogens with zero attached hydrogens (tertiary/aromatic N) is 1. The summed E-state index contributed by atoms with van der Waals surface area (Å²) in [6, 6.07) is 28.2. The van der Waals surface area contributed by atoms with Crippen LogP contribution in [0.1, 0.15) is 22.3 Å². The van der Waals surface area contributed by atoms with E-state index < -0.39 is 0 Å². The quantitative estimate of drug-likeness (QED) is 0.600. The maximum Gasteiger partial charge on any atom is 0.0433 e. The van der Waals surface area contributed by atoms with Gasteiger partial charge in [0.25, 0.3) is 0 Å². The van der Waals surface area contributed by atoms with E-state index in [0.717, 1.165) is 13.1 Å². The highest BCUT2D eigenvalue weighted by Crippen LogP contribution is 2.20. The summed E-state index contributed by atoms with van der Waals surface area (Å²) in [6.45, 7) is 6.13. The minimum atomic E-state index is 0.916. The van der Waals surface area contributed by atoms with Crippen LogP contribution in [0.15, 0.2) is 78.9 Å². The van der Waals surface area contributed by atoms with E-state index in [4.69, 9.17) is 0 Å². The molecule has 0 amide bonds. The fraction of sp³-hybridized carbons (Fsp3) is 0.182. The van der Waals surface area contributed by atoms with Crippen molar-refractivity contribution in [2.75, 3.05) is 4.90 Å². The third-order valence-corrected chi connectivity index (χ3v) is 4.03. The zero-order chi connectivity index (χ0) is 16.1. The highest BCUT2D eigenvalue weighted by molar-refractivity contribution is 5.47. The van der Waals surface area contributed by atoms with E-state index in [1.165, 1.54) is 27.9 Å². The summed E-state index contributed by atoms with van der Waals surface area (Å²) in [6.07, 6.45) is 0. The van der Waals surface area contributed by atoms with Crippen molar-refractivity contribution in [3.63, 3.8) is 0 Å². The van der Waals surface area contributed by atoms with Gasteiger partial charge in [0.1, 0.15) is 0 Å². The predicted molar refractivity (Wildman–Crippen MR) is 98.7 cm³/mol. The van der Waals surface area contributed by atoms with Crippen LogP contribution in [0.3, 0.4) is 0 Å². The Bertz CT molecular complexity index is 714. The van der Waals surface area contributed by atoms with Crippen molar-refractivity contribution in [1.29, 1.82) is 0 Å². The van der Waals surface area contributed by atoms with Crippen LogP contribution >= 0.6 is 0 Å². The lowest BCUT2D eigenvalue weighted by molar-refractivity contribution is 0.799. The molecule has 0 aliphatic heterocycles. The molecule has 3 rings (SSSR count). The van der Waals surface area contributed by atoms with Crippen LogP contribution in [-0.2, 0) is 13.1 Å². The summed E-state index contributed by atoms with van der Waals surface area (Å²) in [5.41, 5.74) is 6.58. The summed E-state index contributed by atoms with van der Waals surface area (Å²) in [4.78, 5) is 2.43. The number of para-hydroxylation sites is 1. The van der Waals surface area contributed by atoms with Crippen LogP contribution in [0.25, 0.3) is 0 Å². The molecule has 0 atom stereocenters. The second-order valence-corrected chi connectivity index (χ2v) is 6.17. The first-order chi connectivity index (χ1) is 11.2. The summed E-state index contributed by atoms with van der Waals surface area (Å²) in [7, 11) is 0. The first kappa shape index (κ1) is 15.4. The molecule has 0 radical (unpaired) electrons. The van der Waals surface area contributed by atoms with Gasteiger partial charge < -0.3 is 4.90 Å². The van der Waals surface area contributed by atoms with Crippen LogP contribution in [0.4, 0.5) is 5.69 Å². The molecular formula is C22H23N. The van der Waals surface area contributed by atoms with Crippen LogP contribution in [0, 0.1) is 13.8 Å². The molecule has 23 heavy (non-hydrogen) atoms. The van der Waals surface area contributed by atoms with Gasteiger partial charge in [-0.2, -0.15) is 0 Å². The molecule has 0 saturated heterocycles. The fourth-order valence-electron chi connectivity index (χ4n) is 2.94. The first-order valence-corrected chi connectivity index (χ1v) is 8.12. The molecule has 0 aliphatic rings. The smallest absolute Gasteiger partial charge is 0.0433 e. The average Bonchev–Trinajstić information content (AvgIpc) is 2.55. The van der Waals surface area contributed by atoms with Gasteiger partial charge in [0, 0.05) is 18.8 Å². The Hall–Kier alpha value is -2.54. The van der Waals surface area contributed by atoms with Crippen molar-refractivity contribution in [2.24, 2.45) is 0 Å². The van der Waals surface area contributed by atoms with Gasteiger partial charge in [-0.3, -0.25) is 0 Å². The van der Waals surface area contributed by atoms with Crippen molar-refractivity contribution in [1.82, 2.24) is 0 Å². The molecule has 0 saturated carbocycles. The van der Waals surface area contributed by atoms with E-state index in [2.05, 4.69) is 97.6 Å². The maximum atomic E-state index is 2.43. The molecule has 1 heteroatoms. The number of anilines is 1. The second-order valence-electron chi connectivity index (χ2n) is 6.17. The Kier molecular flexibility index (Phi) is 4.77. The molecule has 0 unspecified atom stereocenters. The summed E-state index contributed by atoms with van der Waals surface area (Å²) >= 11 is 0. The van der Waals surface area contributed by atoms with Crippen LogP contribution < -0.4 is 4.90 Å². The Morgan fingerprint density at radius 1 is 0.609 bits per heavy atom. The monoisotopic (exact) mass is 301 g/mol. The summed E-state index contributed by atoms with van der Waals surface area (Å²) in [5.74, 6) is 0. The van der Waals surface area contributed by atoms with Crippen LogP contribution in [0.5, 0.6) is 0 Å². The molecular weight excluding hydrogens is 278 g/mol. The number of rotatable bonds is 5. The van der Waals surface area contributed by atoms with Gasteiger partial charge in [0.15, 0.2) is 0 Å². The third kappa shape index (κ3) is 4.23. The van der Waals surface area contributed by atoms with Crippen molar-refractivity contribution in [2.45, 2.75) is 26.9 Å². The van der Waals surface area contributed by atoms with E-state index in [0.29, 0.717) is 0 Å². The first-order valence-electron chi connectivity index (χ1n) is 8.12. The Labute approximate surface area is 139 Å². The fourth-order valence-corrected chi connectivity index (χ4v) is 2.94. The average molecular weight is 301 g/mol. The van der Waals surface area contributed by atoms with Crippen molar-refractivity contribution < 1.29 is 0 Å². The van der Waals surface area contributed by atoms with Crippen molar-refractivity contribution in [3.05, 3.63) is 101 Å². The van der Waals surface area contributed by atoms with E-state index in [-0.39, 0.29) is 0 Å². The van der Waals surface area contributed by atoms with Crippen LogP contribution in [-0.4, -0.2) is 0 Å². The minimum absolute atomic E-state index is 0.916. The molecule has 0 fully saturated rings. The number of aryl methyl sites for hydroxylation is 2. The van der Waals surface area contributed by atoms with E-state index >= 15 is 0 Å². The molecule has 3 aromatic rings. The maximum absolute atomic E-state index is 2.43. The van der Waals surface area contributed by atoms with E-state index in [9.17, 15) is 0 Å². The lowest BCUT2D eigenvalue weighted by Gasteiger charge is -2.25. The topological polar surface area (TPSA) is 3.24 Å². The molecule has 0 aromatic heterocycles. The van der Waals surface area contributed by atoms with Gasteiger partial charge >= 0.3 is 0 Å². The predicted octanol–water partition coefficient (Wildman–Crippen LogP) is 5.51. The standard InChI is InChI=1S/C22H23N/c1-18-8-6-10-20(14-18)16-23(22-12-4-3-5-13-22)17-21-11-7-9-19(2)15-21/h3-15H,16-17H2,1-2H3. The SMILES string of the molecule is Cc1cccc(CN(Cc2cccc(C)c2)c2ccccc2)c1. The van der Waals surface area contributed by atoms with Gasteiger partial charge in [0.05, 0.1) is 0 Å². The Morgan fingerprint density at radius 3 is 1.61 bits per heavy atom. The highest BCUT2D eigenvalue weighted by atomic mass is 15.1. The second kappa shape index (κ2) is 7.15. The van der Waals surface area contributed by atoms with Crippen LogP contribution in [0.2, 0.25) is 0 Å². The van der Waals surface area contributed by atoms with E-state index in [1.807, 2.05) is 0 Å². The Balaban J connectivity index is 1.87. The van der Waals surface area contributed by atoms with Gasteiger partial charge in [-0.1, -0.05) is 77.9 Å². The molecule has 0 spiro atoms. The molecule has 0 heterocycles. The normalized spacial score (nSPS) is 10.5. The Morgan fingerprint density at radius 2 is 1.13 bits per heavy atom. The minimum Gasteiger partial charge on any atom is -0.363 e. The highest BCUT2D eigenvalue weighted by Gasteiger charge is 2.08. The van der Waals surface area contributed by atoms with Gasteiger partial charge in [-0.15, -0.1) is 0 Å². The third-order valence-electron chi connectivity index (χ3n) is 4.03. The zero-order valence-corrected chi connectivity index (χ0v) is 13.9. The number of benzene rings is 3. The van der Waals surface area contributed by atoms with Crippen molar-refractivity contribution >= 4 is 5.69 Å².